The van der Waals surface area contributed by atoms with Gasteiger partial charge >= 0.3 is 0 Å². The van der Waals surface area contributed by atoms with Gasteiger partial charge in [-0.2, -0.15) is 5.26 Å². The summed E-state index contributed by atoms with van der Waals surface area (Å²) >= 11 is 0. The predicted molar refractivity (Wildman–Crippen MR) is 53.8 cm³/mol. The second-order valence-electron chi connectivity index (χ2n) is 3.00. The lowest BCUT2D eigenvalue weighted by Crippen LogP contribution is -1.93. The summed E-state index contributed by atoms with van der Waals surface area (Å²) in [5.74, 6) is 0.387. The number of phenolic OH excluding ortho intramolecular Hbond substituents is 1. The number of methoxy groups -OCH3 is 1. The zero-order chi connectivity index (χ0) is 11.3. The number of aldehydes is 1. The maximum atomic E-state index is 10.2. The minimum Gasteiger partial charge on any atom is -0.508 e. The van der Waals surface area contributed by atoms with Crippen LogP contribution in [0.15, 0.2) is 12.1 Å². The Morgan fingerprint density at radius 2 is 2.33 bits per heavy atom. The summed E-state index contributed by atoms with van der Waals surface area (Å²) in [4.78, 5) is 10.2. The van der Waals surface area contributed by atoms with Gasteiger partial charge in [-0.05, 0) is 18.1 Å². The van der Waals surface area contributed by atoms with E-state index in [1.807, 2.05) is 6.07 Å². The van der Waals surface area contributed by atoms with Gasteiger partial charge < -0.3 is 14.6 Å². The normalized spacial score (nSPS) is 9.33. The summed E-state index contributed by atoms with van der Waals surface area (Å²) in [7, 11) is 1.43. The minimum absolute atomic E-state index is 0.0488. The van der Waals surface area contributed by atoms with Crippen molar-refractivity contribution in [2.24, 2.45) is 0 Å². The molecule has 0 spiro atoms. The molecule has 1 rings (SSSR count). The third kappa shape index (κ3) is 2.47. The van der Waals surface area contributed by atoms with E-state index in [1.165, 1.54) is 19.2 Å². The molecule has 0 aromatic heterocycles. The zero-order valence-electron chi connectivity index (χ0n) is 8.36. The zero-order valence-corrected chi connectivity index (χ0v) is 8.36. The molecule has 0 atom stereocenters. The van der Waals surface area contributed by atoms with Gasteiger partial charge in [-0.25, -0.2) is 0 Å². The van der Waals surface area contributed by atoms with E-state index >= 15 is 0 Å². The number of hydrogen-bond acceptors (Lipinski definition) is 4. The molecule has 0 aliphatic carbocycles. The van der Waals surface area contributed by atoms with E-state index in [2.05, 4.69) is 0 Å². The maximum absolute atomic E-state index is 10.2. The highest BCUT2D eigenvalue weighted by Gasteiger charge is 2.09. The van der Waals surface area contributed by atoms with Crippen LogP contribution in [0.4, 0.5) is 0 Å². The Kier molecular flexibility index (Phi) is 3.69. The average Bonchev–Trinajstić information content (AvgIpc) is 2.27. The Hall–Kier alpha value is -2.02. The molecule has 0 amide bonds. The molecule has 0 bridgehead atoms. The Morgan fingerprint density at radius 3 is 2.87 bits per heavy atom. The number of aromatic hydroxyl groups is 1. The number of nitrogens with zero attached hydrogens (tertiary/aromatic N) is 1. The first-order chi connectivity index (χ1) is 7.22. The van der Waals surface area contributed by atoms with Crippen LogP contribution >= 0.6 is 0 Å². The van der Waals surface area contributed by atoms with Gasteiger partial charge in [-0.3, -0.25) is 0 Å². The Balaban J connectivity index is 3.09. The molecule has 4 nitrogen and oxygen atoms in total. The van der Waals surface area contributed by atoms with E-state index in [9.17, 15) is 9.90 Å². The highest BCUT2D eigenvalue weighted by Crippen LogP contribution is 2.28. The van der Waals surface area contributed by atoms with Crippen molar-refractivity contribution in [1.82, 2.24) is 0 Å². The lowest BCUT2D eigenvalue weighted by atomic mass is 10.1. The highest BCUT2D eigenvalue weighted by molar-refractivity contribution is 5.54. The third-order valence-electron chi connectivity index (χ3n) is 2.05. The summed E-state index contributed by atoms with van der Waals surface area (Å²) < 4.78 is 4.92. The van der Waals surface area contributed by atoms with Crippen LogP contribution in [0.25, 0.3) is 0 Å². The second kappa shape index (κ2) is 5.01. The van der Waals surface area contributed by atoms with Gasteiger partial charge in [0, 0.05) is 12.5 Å². The van der Waals surface area contributed by atoms with Gasteiger partial charge in [0.05, 0.1) is 12.7 Å². The first-order valence-electron chi connectivity index (χ1n) is 4.46. The number of carbonyl (C=O) groups excluding carboxylic acids is 1. The van der Waals surface area contributed by atoms with Gasteiger partial charge in [0.25, 0.3) is 0 Å². The van der Waals surface area contributed by atoms with Crippen LogP contribution in [-0.2, 0) is 11.2 Å². The van der Waals surface area contributed by atoms with Crippen LogP contribution in [0.1, 0.15) is 17.5 Å². The Labute approximate surface area is 87.7 Å². The van der Waals surface area contributed by atoms with Crippen molar-refractivity contribution in [2.75, 3.05) is 7.11 Å². The smallest absolute Gasteiger partial charge is 0.140 e. The van der Waals surface area contributed by atoms with Crippen molar-refractivity contribution < 1.29 is 14.6 Å². The van der Waals surface area contributed by atoms with Crippen LogP contribution in [0, 0.1) is 11.3 Å². The summed E-state index contributed by atoms with van der Waals surface area (Å²) in [6.45, 7) is 0. The molecule has 1 N–H and O–H groups in total. The summed E-state index contributed by atoms with van der Waals surface area (Å²) in [6.07, 6.45) is 1.52. The van der Waals surface area contributed by atoms with Crippen molar-refractivity contribution >= 4 is 6.29 Å². The van der Waals surface area contributed by atoms with Crippen molar-refractivity contribution in [3.8, 4) is 17.6 Å². The molecule has 15 heavy (non-hydrogen) atoms. The van der Waals surface area contributed by atoms with E-state index in [0.29, 0.717) is 29.7 Å². The molecular weight excluding hydrogens is 194 g/mol. The lowest BCUT2D eigenvalue weighted by Gasteiger charge is -2.07. The highest BCUT2D eigenvalue weighted by atomic mass is 16.5. The number of carbonyl (C=O) groups is 1. The van der Waals surface area contributed by atoms with Crippen molar-refractivity contribution in [3.63, 3.8) is 0 Å². The third-order valence-corrected chi connectivity index (χ3v) is 2.05. The molecule has 0 saturated heterocycles. The lowest BCUT2D eigenvalue weighted by molar-refractivity contribution is -0.107. The van der Waals surface area contributed by atoms with Gasteiger partial charge in [-0.15, -0.1) is 0 Å². The fourth-order valence-corrected chi connectivity index (χ4v) is 1.28. The molecule has 0 aliphatic rings. The van der Waals surface area contributed by atoms with E-state index in [0.717, 1.165) is 6.29 Å². The first-order valence-corrected chi connectivity index (χ1v) is 4.46. The molecule has 78 valence electrons. The van der Waals surface area contributed by atoms with Gasteiger partial charge in [0.1, 0.15) is 23.9 Å². The molecule has 0 radical (unpaired) electrons. The molecule has 1 aromatic rings. The number of ether oxygens (including phenoxy) is 1. The van der Waals surface area contributed by atoms with Crippen LogP contribution in [0.5, 0.6) is 11.5 Å². The van der Waals surface area contributed by atoms with Crippen LogP contribution in [0.2, 0.25) is 0 Å². The van der Waals surface area contributed by atoms with E-state index in [1.54, 1.807) is 0 Å². The molecule has 1 aromatic carbocycles. The summed E-state index contributed by atoms with van der Waals surface area (Å²) in [6, 6.07) is 4.89. The van der Waals surface area contributed by atoms with Gasteiger partial charge in [0.2, 0.25) is 0 Å². The van der Waals surface area contributed by atoms with Crippen molar-refractivity contribution in [2.45, 2.75) is 12.8 Å². The van der Waals surface area contributed by atoms with E-state index in [4.69, 9.17) is 10.00 Å². The Bertz CT molecular complexity index is 407. The number of phenols is 1. The maximum Gasteiger partial charge on any atom is 0.140 e. The van der Waals surface area contributed by atoms with Gasteiger partial charge in [0.15, 0.2) is 0 Å². The standard InChI is InChI=1S/C11H11NO3/c1-15-11-6-10(14)8(3-2-4-13)5-9(11)7-12/h4-6,14H,2-3H2,1H3. The van der Waals surface area contributed by atoms with Crippen LogP contribution < -0.4 is 4.74 Å². The summed E-state index contributed by atoms with van der Waals surface area (Å²) in [5, 5.41) is 18.4. The fourth-order valence-electron chi connectivity index (χ4n) is 1.28. The molecular formula is C11H11NO3. The predicted octanol–water partition coefficient (Wildman–Crippen LogP) is 1.40. The van der Waals surface area contributed by atoms with Crippen molar-refractivity contribution in [3.05, 3.63) is 23.3 Å². The largest absolute Gasteiger partial charge is 0.508 e. The Morgan fingerprint density at radius 1 is 1.60 bits per heavy atom. The van der Waals surface area contributed by atoms with Crippen LogP contribution in [-0.4, -0.2) is 18.5 Å². The van der Waals surface area contributed by atoms with Crippen LogP contribution in [0.3, 0.4) is 0 Å². The SMILES string of the molecule is COc1cc(O)c(CCC=O)cc1C#N. The number of rotatable bonds is 4. The van der Waals surface area contributed by atoms with E-state index < -0.39 is 0 Å². The second-order valence-corrected chi connectivity index (χ2v) is 3.00. The molecule has 0 saturated carbocycles. The quantitative estimate of drug-likeness (QED) is 0.754. The fraction of sp³-hybridized carbons (Fsp3) is 0.273. The van der Waals surface area contributed by atoms with E-state index in [-0.39, 0.29) is 5.75 Å². The molecule has 4 heteroatoms. The topological polar surface area (TPSA) is 70.3 Å². The summed E-state index contributed by atoms with van der Waals surface area (Å²) in [5.41, 5.74) is 0.940. The monoisotopic (exact) mass is 205 g/mol. The van der Waals surface area contributed by atoms with Gasteiger partial charge in [-0.1, -0.05) is 0 Å². The minimum atomic E-state index is 0.0488. The number of hydrogen-bond donors (Lipinski definition) is 1. The first kappa shape index (κ1) is 11.1. The molecule has 0 aliphatic heterocycles. The average molecular weight is 205 g/mol. The van der Waals surface area contributed by atoms with Crippen molar-refractivity contribution in [1.29, 1.82) is 5.26 Å². The molecule has 0 fully saturated rings. The number of benzene rings is 1. The number of aryl methyl sites for hydroxylation is 1. The molecule has 0 heterocycles. The number of nitriles is 1. The molecule has 0 unspecified atom stereocenters.